The van der Waals surface area contributed by atoms with E-state index < -0.39 is 0 Å². The van der Waals surface area contributed by atoms with Crippen LogP contribution in [-0.2, 0) is 11.3 Å². The van der Waals surface area contributed by atoms with Crippen LogP contribution in [0.15, 0.2) is 18.2 Å². The lowest BCUT2D eigenvalue weighted by Crippen LogP contribution is -2.36. The van der Waals surface area contributed by atoms with Crippen molar-refractivity contribution in [3.05, 3.63) is 29.6 Å². The van der Waals surface area contributed by atoms with Crippen molar-refractivity contribution in [1.29, 1.82) is 0 Å². The first kappa shape index (κ1) is 18.7. The molecule has 1 saturated heterocycles. The third-order valence-corrected chi connectivity index (χ3v) is 4.95. The largest absolute Gasteiger partial charge is 0.393 e. The van der Waals surface area contributed by atoms with Gasteiger partial charge in [0.05, 0.1) is 11.8 Å². The highest BCUT2D eigenvalue weighted by Crippen LogP contribution is 2.24. The van der Waals surface area contributed by atoms with Gasteiger partial charge in [-0.25, -0.2) is 4.39 Å². The Balaban J connectivity index is 1.89. The number of carbonyl (C=O) groups is 1. The second-order valence-corrected chi connectivity index (χ2v) is 7.21. The summed E-state index contributed by atoms with van der Waals surface area (Å²) in [5.41, 5.74) is 1.34. The van der Waals surface area contributed by atoms with Crippen molar-refractivity contribution in [2.45, 2.75) is 52.7 Å². The molecule has 1 aliphatic heterocycles. The van der Waals surface area contributed by atoms with Crippen LogP contribution in [0.1, 0.15) is 45.6 Å². The highest BCUT2D eigenvalue weighted by molar-refractivity contribution is 5.76. The van der Waals surface area contributed by atoms with Crippen molar-refractivity contribution < 1.29 is 14.3 Å². The molecule has 5 heteroatoms. The van der Waals surface area contributed by atoms with E-state index in [0.29, 0.717) is 56.4 Å². The summed E-state index contributed by atoms with van der Waals surface area (Å²) in [5.74, 6) is 0.536. The van der Waals surface area contributed by atoms with E-state index in [-0.39, 0.29) is 17.8 Å². The molecule has 2 rings (SSSR count). The zero-order valence-electron chi connectivity index (χ0n) is 14.9. The number of nitrogens with one attached hydrogen (secondary N) is 1. The quantitative estimate of drug-likeness (QED) is 0.839. The molecule has 4 nitrogen and oxygen atoms in total. The second kappa shape index (κ2) is 8.47. The van der Waals surface area contributed by atoms with Gasteiger partial charge in [0.15, 0.2) is 0 Å². The Morgan fingerprint density at radius 3 is 2.58 bits per heavy atom. The molecule has 0 bridgehead atoms. The average molecular weight is 336 g/mol. The van der Waals surface area contributed by atoms with Gasteiger partial charge in [-0.2, -0.15) is 0 Å². The number of rotatable bonds is 6. The fraction of sp³-hybridized carbons (Fsp3) is 0.632. The van der Waals surface area contributed by atoms with Gasteiger partial charge < -0.3 is 15.3 Å². The molecular weight excluding hydrogens is 307 g/mol. The van der Waals surface area contributed by atoms with Crippen LogP contribution in [0.3, 0.4) is 0 Å². The summed E-state index contributed by atoms with van der Waals surface area (Å²) < 4.78 is 14.4. The lowest BCUT2D eigenvalue weighted by Gasteiger charge is -2.31. The van der Waals surface area contributed by atoms with Gasteiger partial charge in [0.1, 0.15) is 5.82 Å². The number of hydrogen-bond donors (Lipinski definition) is 2. The molecule has 0 aliphatic carbocycles. The van der Waals surface area contributed by atoms with Crippen LogP contribution in [-0.4, -0.2) is 30.2 Å². The summed E-state index contributed by atoms with van der Waals surface area (Å²) in [6, 6.07) is 5.12. The molecule has 1 atom stereocenters. The number of anilines is 1. The van der Waals surface area contributed by atoms with Crippen LogP contribution in [0.2, 0.25) is 0 Å². The number of halogens is 1. The van der Waals surface area contributed by atoms with Crippen molar-refractivity contribution >= 4 is 11.6 Å². The first-order chi connectivity index (χ1) is 11.4. The molecule has 1 aromatic rings. The summed E-state index contributed by atoms with van der Waals surface area (Å²) in [7, 11) is 0. The smallest absolute Gasteiger partial charge is 0.220 e. The molecule has 24 heavy (non-hydrogen) atoms. The van der Waals surface area contributed by atoms with E-state index >= 15 is 0 Å². The van der Waals surface area contributed by atoms with E-state index in [0.717, 1.165) is 5.56 Å². The monoisotopic (exact) mass is 336 g/mol. The fourth-order valence-electron chi connectivity index (χ4n) is 2.82. The Hall–Kier alpha value is -1.62. The molecule has 1 amide bonds. The molecule has 0 radical (unpaired) electrons. The van der Waals surface area contributed by atoms with Crippen molar-refractivity contribution in [3.8, 4) is 0 Å². The van der Waals surface area contributed by atoms with Gasteiger partial charge in [0, 0.05) is 26.1 Å². The minimum absolute atomic E-state index is 0.00528. The summed E-state index contributed by atoms with van der Waals surface area (Å²) in [5, 5.41) is 12.4. The van der Waals surface area contributed by atoms with E-state index in [2.05, 4.69) is 26.1 Å². The van der Waals surface area contributed by atoms with Crippen molar-refractivity contribution in [2.24, 2.45) is 11.8 Å². The summed E-state index contributed by atoms with van der Waals surface area (Å²) >= 11 is 0. The van der Waals surface area contributed by atoms with E-state index in [9.17, 15) is 14.3 Å². The Morgan fingerprint density at radius 1 is 1.33 bits per heavy atom. The van der Waals surface area contributed by atoms with Gasteiger partial charge in [-0.15, -0.1) is 0 Å². The Kier molecular flexibility index (Phi) is 6.60. The summed E-state index contributed by atoms with van der Waals surface area (Å²) in [6.07, 6.45) is 1.57. The zero-order chi connectivity index (χ0) is 17.7. The van der Waals surface area contributed by atoms with Crippen LogP contribution in [0, 0.1) is 17.7 Å². The predicted molar refractivity (Wildman–Crippen MR) is 94.3 cm³/mol. The first-order valence-electron chi connectivity index (χ1n) is 8.85. The predicted octanol–water partition coefficient (Wildman–Crippen LogP) is 3.09. The third-order valence-electron chi connectivity index (χ3n) is 4.95. The number of benzene rings is 1. The van der Waals surface area contributed by atoms with Crippen molar-refractivity contribution in [3.63, 3.8) is 0 Å². The first-order valence-corrected chi connectivity index (χ1v) is 8.85. The molecule has 0 aromatic heterocycles. The maximum Gasteiger partial charge on any atom is 0.220 e. The molecule has 2 N–H and O–H groups in total. The number of aliphatic hydroxyl groups is 1. The van der Waals surface area contributed by atoms with E-state index in [1.54, 1.807) is 6.07 Å². The molecule has 0 saturated carbocycles. The highest BCUT2D eigenvalue weighted by Gasteiger charge is 2.20. The molecule has 1 fully saturated rings. The van der Waals surface area contributed by atoms with Gasteiger partial charge in [-0.05, 0) is 42.4 Å². The zero-order valence-corrected chi connectivity index (χ0v) is 14.9. The Labute approximate surface area is 144 Å². The molecule has 134 valence electrons. The maximum absolute atomic E-state index is 14.4. The maximum atomic E-state index is 14.4. The SMILES string of the molecule is CC(C)C(C)CC(=O)NCc1ccc(N2CCC(O)CC2)c(F)c1. The Bertz CT molecular complexity index is 554. The van der Waals surface area contributed by atoms with Gasteiger partial charge >= 0.3 is 0 Å². The molecule has 0 spiro atoms. The van der Waals surface area contributed by atoms with Gasteiger partial charge in [-0.1, -0.05) is 26.8 Å². The molecule has 1 heterocycles. The van der Waals surface area contributed by atoms with Crippen LogP contribution < -0.4 is 10.2 Å². The lowest BCUT2D eigenvalue weighted by atomic mass is 9.94. The van der Waals surface area contributed by atoms with Crippen molar-refractivity contribution in [1.82, 2.24) is 5.32 Å². The van der Waals surface area contributed by atoms with Crippen LogP contribution in [0.5, 0.6) is 0 Å². The number of carbonyl (C=O) groups excluding carboxylic acids is 1. The number of piperidine rings is 1. The molecular formula is C19H29FN2O2. The number of hydrogen-bond acceptors (Lipinski definition) is 3. The number of nitrogens with zero attached hydrogens (tertiary/aromatic N) is 1. The number of amides is 1. The topological polar surface area (TPSA) is 52.6 Å². The van der Waals surface area contributed by atoms with Gasteiger partial charge in [0.25, 0.3) is 0 Å². The number of aliphatic hydroxyl groups excluding tert-OH is 1. The minimum atomic E-state index is -0.271. The molecule has 1 aliphatic rings. The van der Waals surface area contributed by atoms with Gasteiger partial charge in [0.2, 0.25) is 5.91 Å². The van der Waals surface area contributed by atoms with Crippen LogP contribution in [0.4, 0.5) is 10.1 Å². The van der Waals surface area contributed by atoms with E-state index in [1.165, 1.54) is 6.07 Å². The third kappa shape index (κ3) is 5.20. The second-order valence-electron chi connectivity index (χ2n) is 7.21. The van der Waals surface area contributed by atoms with Crippen LogP contribution in [0.25, 0.3) is 0 Å². The van der Waals surface area contributed by atoms with E-state index in [1.807, 2.05) is 11.0 Å². The van der Waals surface area contributed by atoms with Crippen LogP contribution >= 0.6 is 0 Å². The average Bonchev–Trinajstić information content (AvgIpc) is 2.54. The summed E-state index contributed by atoms with van der Waals surface area (Å²) in [4.78, 5) is 13.9. The normalized spacial score (nSPS) is 17.2. The lowest BCUT2D eigenvalue weighted by molar-refractivity contribution is -0.122. The van der Waals surface area contributed by atoms with Crippen molar-refractivity contribution in [2.75, 3.05) is 18.0 Å². The highest BCUT2D eigenvalue weighted by atomic mass is 19.1. The minimum Gasteiger partial charge on any atom is -0.393 e. The fourth-order valence-corrected chi connectivity index (χ4v) is 2.82. The Morgan fingerprint density at radius 2 is 2.00 bits per heavy atom. The molecule has 1 unspecified atom stereocenters. The molecule has 1 aromatic carbocycles. The standard InChI is InChI=1S/C19H29FN2O2/c1-13(2)14(3)10-19(24)21-12-15-4-5-18(17(20)11-15)22-8-6-16(23)7-9-22/h4-5,11,13-14,16,23H,6-10,12H2,1-3H3,(H,21,24). The van der Waals surface area contributed by atoms with Gasteiger partial charge in [-0.3, -0.25) is 4.79 Å². The summed E-state index contributed by atoms with van der Waals surface area (Å²) in [6.45, 7) is 7.95. The van der Waals surface area contributed by atoms with E-state index in [4.69, 9.17) is 0 Å².